The van der Waals surface area contributed by atoms with Crippen molar-refractivity contribution < 1.29 is 0 Å². The number of hydrogen-bond donors (Lipinski definition) is 4. The number of aromatic nitrogens is 1. The highest BCUT2D eigenvalue weighted by Gasteiger charge is 2.53. The summed E-state index contributed by atoms with van der Waals surface area (Å²) in [7, 11) is 0. The highest BCUT2D eigenvalue weighted by atomic mass is 15.1. The zero-order valence-corrected chi connectivity index (χ0v) is 10.7. The summed E-state index contributed by atoms with van der Waals surface area (Å²) >= 11 is 0. The normalized spacial score (nSPS) is 34.5. The van der Waals surface area contributed by atoms with Crippen LogP contribution in [-0.4, -0.2) is 29.2 Å². The first-order chi connectivity index (χ1) is 8.45. The number of H-pyrrole nitrogens is 1. The monoisotopic (exact) mass is 244 g/mol. The van der Waals surface area contributed by atoms with E-state index in [9.17, 15) is 0 Å². The molecule has 4 nitrogen and oxygen atoms in total. The Morgan fingerprint density at radius 3 is 2.83 bits per heavy atom. The smallest absolute Gasteiger partial charge is 0.0670 e. The van der Waals surface area contributed by atoms with Crippen molar-refractivity contribution in [1.29, 1.82) is 0 Å². The predicted octanol–water partition coefficient (Wildman–Crippen LogP) is 0.833. The van der Waals surface area contributed by atoms with Gasteiger partial charge < -0.3 is 21.8 Å². The van der Waals surface area contributed by atoms with Crippen molar-refractivity contribution in [2.75, 3.05) is 13.1 Å². The van der Waals surface area contributed by atoms with E-state index in [1.165, 1.54) is 11.1 Å². The van der Waals surface area contributed by atoms with Crippen LogP contribution < -0.4 is 16.8 Å². The van der Waals surface area contributed by atoms with E-state index in [4.69, 9.17) is 11.5 Å². The van der Waals surface area contributed by atoms with Crippen LogP contribution in [0.3, 0.4) is 0 Å². The molecule has 96 valence electrons. The zero-order chi connectivity index (χ0) is 13.0. The van der Waals surface area contributed by atoms with E-state index in [0.29, 0.717) is 0 Å². The van der Waals surface area contributed by atoms with Crippen LogP contribution in [0.2, 0.25) is 0 Å². The van der Waals surface area contributed by atoms with Crippen LogP contribution >= 0.6 is 0 Å². The van der Waals surface area contributed by atoms with Crippen molar-refractivity contribution in [2.45, 2.75) is 24.4 Å². The second-order valence-corrected chi connectivity index (χ2v) is 5.69. The molecule has 2 aliphatic rings. The highest BCUT2D eigenvalue weighted by molar-refractivity contribution is 5.80. The first-order valence-electron chi connectivity index (χ1n) is 6.29. The Kier molecular flexibility index (Phi) is 2.32. The third kappa shape index (κ3) is 1.43. The molecule has 0 radical (unpaired) electrons. The van der Waals surface area contributed by atoms with E-state index in [-0.39, 0.29) is 5.54 Å². The largest absolute Gasteiger partial charge is 0.361 e. The van der Waals surface area contributed by atoms with Gasteiger partial charge in [-0.05, 0) is 30.6 Å². The predicted molar refractivity (Wildman–Crippen MR) is 74.8 cm³/mol. The maximum atomic E-state index is 6.45. The molecule has 2 unspecified atom stereocenters. The lowest BCUT2D eigenvalue weighted by Crippen LogP contribution is -2.61. The van der Waals surface area contributed by atoms with E-state index in [0.717, 1.165) is 30.8 Å². The molecule has 6 N–H and O–H groups in total. The van der Waals surface area contributed by atoms with Crippen LogP contribution in [0.1, 0.15) is 24.6 Å². The second-order valence-electron chi connectivity index (χ2n) is 5.69. The number of nitrogens with two attached hydrogens (primary N) is 2. The van der Waals surface area contributed by atoms with Gasteiger partial charge >= 0.3 is 0 Å². The third-order valence-electron chi connectivity index (χ3n) is 4.24. The summed E-state index contributed by atoms with van der Waals surface area (Å²) in [6.45, 7) is 7.53. The van der Waals surface area contributed by atoms with Crippen LogP contribution in [0.4, 0.5) is 0 Å². The number of nitrogens with one attached hydrogen (secondary N) is 2. The lowest BCUT2D eigenvalue weighted by atomic mass is 9.84. The van der Waals surface area contributed by atoms with Crippen LogP contribution in [0.25, 0.3) is 11.1 Å². The molecule has 4 heteroatoms. The zero-order valence-electron chi connectivity index (χ0n) is 10.7. The van der Waals surface area contributed by atoms with E-state index in [1.807, 2.05) is 13.1 Å². The molecular formula is C14H20N4. The molecule has 1 fully saturated rings. The van der Waals surface area contributed by atoms with Crippen molar-refractivity contribution in [3.63, 3.8) is 0 Å². The number of hydrogen-bond acceptors (Lipinski definition) is 3. The highest BCUT2D eigenvalue weighted by Crippen LogP contribution is 2.42. The Labute approximate surface area is 107 Å². The molecule has 0 bridgehead atoms. The van der Waals surface area contributed by atoms with Crippen molar-refractivity contribution in [2.24, 2.45) is 11.5 Å². The summed E-state index contributed by atoms with van der Waals surface area (Å²) in [5, 5.41) is 3.29. The molecule has 1 aromatic heterocycles. The Bertz CT molecular complexity index is 542. The minimum Gasteiger partial charge on any atom is -0.361 e. The fourth-order valence-corrected chi connectivity index (χ4v) is 3.12. The van der Waals surface area contributed by atoms with E-state index < -0.39 is 5.54 Å². The molecule has 0 aromatic carbocycles. The van der Waals surface area contributed by atoms with Crippen LogP contribution in [0.5, 0.6) is 0 Å². The molecule has 2 atom stereocenters. The molecule has 1 aliphatic carbocycles. The summed E-state index contributed by atoms with van der Waals surface area (Å²) in [4.78, 5) is 3.24. The molecule has 1 saturated heterocycles. The number of rotatable bonds is 2. The van der Waals surface area contributed by atoms with Crippen molar-refractivity contribution in [3.8, 4) is 0 Å². The summed E-state index contributed by atoms with van der Waals surface area (Å²) in [5.74, 6) is 0. The SMILES string of the molecule is C=C(C)c1[nH]ccc1C1=CC2(N)CNCC2(N)C1. The fourth-order valence-electron chi connectivity index (χ4n) is 3.12. The quantitative estimate of drug-likeness (QED) is 0.622. The summed E-state index contributed by atoms with van der Waals surface area (Å²) in [5.41, 5.74) is 16.6. The Hall–Kier alpha value is -1.36. The summed E-state index contributed by atoms with van der Waals surface area (Å²) < 4.78 is 0. The average Bonchev–Trinajstić information content (AvgIpc) is 2.88. The average molecular weight is 244 g/mol. The molecule has 0 amide bonds. The van der Waals surface area contributed by atoms with Crippen LogP contribution in [0.15, 0.2) is 24.9 Å². The molecule has 2 heterocycles. The topological polar surface area (TPSA) is 79.9 Å². The minimum atomic E-state index is -0.425. The Morgan fingerprint density at radius 2 is 2.17 bits per heavy atom. The maximum Gasteiger partial charge on any atom is 0.0670 e. The van der Waals surface area contributed by atoms with Crippen molar-refractivity contribution in [3.05, 3.63) is 36.2 Å². The second kappa shape index (κ2) is 3.57. The van der Waals surface area contributed by atoms with Gasteiger partial charge in [-0.1, -0.05) is 12.7 Å². The molecule has 3 rings (SSSR count). The first kappa shape index (κ1) is 11.7. The molecule has 0 saturated carbocycles. The van der Waals surface area contributed by atoms with Crippen molar-refractivity contribution in [1.82, 2.24) is 10.3 Å². The van der Waals surface area contributed by atoms with Gasteiger partial charge in [0.05, 0.1) is 11.1 Å². The molecule has 18 heavy (non-hydrogen) atoms. The van der Waals surface area contributed by atoms with Gasteiger partial charge in [0.1, 0.15) is 0 Å². The lowest BCUT2D eigenvalue weighted by Gasteiger charge is -2.31. The molecular weight excluding hydrogens is 224 g/mol. The molecule has 0 spiro atoms. The van der Waals surface area contributed by atoms with Gasteiger partial charge in [0.2, 0.25) is 0 Å². The van der Waals surface area contributed by atoms with Crippen LogP contribution in [0, 0.1) is 0 Å². The number of aromatic amines is 1. The Morgan fingerprint density at radius 1 is 1.39 bits per heavy atom. The number of allylic oxidation sites excluding steroid dienone is 1. The minimum absolute atomic E-state index is 0.355. The first-order valence-corrected chi connectivity index (χ1v) is 6.29. The van der Waals surface area contributed by atoms with Crippen LogP contribution in [-0.2, 0) is 0 Å². The Balaban J connectivity index is 2.03. The van der Waals surface area contributed by atoms with Gasteiger partial charge in [0.15, 0.2) is 0 Å². The molecule has 1 aromatic rings. The van der Waals surface area contributed by atoms with E-state index >= 15 is 0 Å². The van der Waals surface area contributed by atoms with Crippen molar-refractivity contribution >= 4 is 11.1 Å². The van der Waals surface area contributed by atoms with Gasteiger partial charge in [-0.3, -0.25) is 0 Å². The van der Waals surface area contributed by atoms with Gasteiger partial charge in [0, 0.05) is 30.5 Å². The van der Waals surface area contributed by atoms with Gasteiger partial charge in [-0.15, -0.1) is 0 Å². The fraction of sp³-hybridized carbons (Fsp3) is 0.429. The van der Waals surface area contributed by atoms with Gasteiger partial charge in [-0.25, -0.2) is 0 Å². The van der Waals surface area contributed by atoms with Gasteiger partial charge in [0.25, 0.3) is 0 Å². The third-order valence-corrected chi connectivity index (χ3v) is 4.24. The summed E-state index contributed by atoms with van der Waals surface area (Å²) in [6, 6.07) is 2.08. The lowest BCUT2D eigenvalue weighted by molar-refractivity contribution is 0.373. The summed E-state index contributed by atoms with van der Waals surface area (Å²) in [6.07, 6.45) is 4.90. The van der Waals surface area contributed by atoms with E-state index in [2.05, 4.69) is 29.0 Å². The van der Waals surface area contributed by atoms with E-state index in [1.54, 1.807) is 0 Å². The van der Waals surface area contributed by atoms with Gasteiger partial charge in [-0.2, -0.15) is 0 Å². The number of fused-ring (bicyclic) bond motifs is 1. The maximum absolute atomic E-state index is 6.45. The molecule has 1 aliphatic heterocycles. The standard InChI is InChI=1S/C14H20N4/c1-9(2)12-11(3-4-18-12)10-5-13(15)7-17-8-14(13,16)6-10/h3-5,17-18H,1,6-8,15-16H2,2H3.